The zero-order valence-corrected chi connectivity index (χ0v) is 24.1. The van der Waals surface area contributed by atoms with Crippen LogP contribution in [0.5, 0.6) is 5.75 Å². The molecule has 1 aromatic carbocycles. The minimum absolute atomic E-state index is 0.0141. The Hall–Kier alpha value is -2.66. The summed E-state index contributed by atoms with van der Waals surface area (Å²) in [6, 6.07) is 0.300. The molecule has 0 spiro atoms. The minimum atomic E-state index is -2.74. The number of phenolic OH excluding ortho intramolecular Hbond substituents is 1. The molecule has 1 amide bonds. The normalized spacial score (nSPS) is 32.3. The molecule has 216 valence electrons. The number of benzene rings is 1. The summed E-state index contributed by atoms with van der Waals surface area (Å²) in [5.41, 5.74) is 3.50. The van der Waals surface area contributed by atoms with Gasteiger partial charge in [0.25, 0.3) is 0 Å². The number of nitrogens with two attached hydrogens (primary N) is 1. The number of carbonyl (C=O) groups is 5. The molecule has 0 saturated heterocycles. The number of primary amides is 1. The van der Waals surface area contributed by atoms with Gasteiger partial charge in [0.05, 0.1) is 17.5 Å². The number of likely N-dealkylation sites (N-methyl/N-ethyl adjacent to an activating group) is 1. The molecule has 4 aliphatic rings. The fraction of sp³-hybridized carbons (Fsp3) is 0.621. The molecule has 4 N–H and O–H groups in total. The van der Waals surface area contributed by atoms with E-state index in [2.05, 4.69) is 18.7 Å². The van der Waals surface area contributed by atoms with Crippen molar-refractivity contribution in [2.24, 2.45) is 35.3 Å². The third kappa shape index (κ3) is 3.98. The van der Waals surface area contributed by atoms with E-state index in [1.807, 2.05) is 7.05 Å². The molecule has 0 aliphatic heterocycles. The molecule has 4 aliphatic carbocycles. The Bertz CT molecular complexity index is 1350. The first-order valence-electron chi connectivity index (χ1n) is 13.6. The first kappa shape index (κ1) is 28.9. The predicted molar refractivity (Wildman–Crippen MR) is 145 cm³/mol. The number of Topliss-reactive ketones (excluding diaryl/α,β-unsaturated/α-hetero) is 4. The van der Waals surface area contributed by atoms with Crippen LogP contribution in [0.4, 0.5) is 0 Å². The summed E-state index contributed by atoms with van der Waals surface area (Å²) in [6.45, 7) is 4.76. The van der Waals surface area contributed by atoms with Crippen LogP contribution in [0.25, 0.3) is 0 Å². The molecule has 5 rings (SSSR count). The summed E-state index contributed by atoms with van der Waals surface area (Å²) in [4.78, 5) is 70.0. The van der Waals surface area contributed by atoms with Gasteiger partial charge in [-0.25, -0.2) is 0 Å². The van der Waals surface area contributed by atoms with Crippen molar-refractivity contribution < 1.29 is 34.2 Å². The molecule has 0 bridgehead atoms. The molecule has 0 aromatic heterocycles. The standard InChI is InChI=1S/C29H36ClN3O7/c1-28(2,14-6-7-14)33(5)11-13-10-17(34)19-15(21(13)30)8-12-9-16-22(32(3)4)24(36)20(27(31)39)26(38)29(16,40)25(37)18(12)23(19)35/h10,12,14,16,18,20,22,34,40H,6-9,11H2,1-5H3,(H2,31,39)/t12-,16-,18?,20?,22-,29?/m0/s1. The van der Waals surface area contributed by atoms with Crippen LogP contribution >= 0.6 is 11.6 Å². The molecule has 3 unspecified atom stereocenters. The van der Waals surface area contributed by atoms with Gasteiger partial charge in [-0.1, -0.05) is 11.6 Å². The van der Waals surface area contributed by atoms with Gasteiger partial charge >= 0.3 is 0 Å². The van der Waals surface area contributed by atoms with E-state index in [9.17, 15) is 34.2 Å². The van der Waals surface area contributed by atoms with Crippen molar-refractivity contribution in [3.05, 3.63) is 27.8 Å². The van der Waals surface area contributed by atoms with Crippen LogP contribution in [0.2, 0.25) is 5.02 Å². The molecule has 3 saturated carbocycles. The molecule has 0 heterocycles. The number of ketones is 4. The van der Waals surface area contributed by atoms with E-state index in [1.165, 1.54) is 11.0 Å². The fourth-order valence-electron chi connectivity index (χ4n) is 7.38. The lowest BCUT2D eigenvalue weighted by Gasteiger charge is -2.52. The van der Waals surface area contributed by atoms with Crippen molar-refractivity contribution in [3.63, 3.8) is 0 Å². The smallest absolute Gasteiger partial charge is 0.235 e. The van der Waals surface area contributed by atoms with Crippen molar-refractivity contribution in [2.75, 3.05) is 21.1 Å². The van der Waals surface area contributed by atoms with E-state index < -0.39 is 64.4 Å². The molecule has 3 fully saturated rings. The van der Waals surface area contributed by atoms with Gasteiger partial charge in [-0.2, -0.15) is 0 Å². The van der Waals surface area contributed by atoms with Crippen molar-refractivity contribution in [1.29, 1.82) is 0 Å². The van der Waals surface area contributed by atoms with E-state index in [-0.39, 0.29) is 29.7 Å². The Morgan fingerprint density at radius 2 is 1.77 bits per heavy atom. The van der Waals surface area contributed by atoms with Crippen LogP contribution in [0.3, 0.4) is 0 Å². The molecule has 0 radical (unpaired) electrons. The third-order valence-corrected chi connectivity index (χ3v) is 10.5. The van der Waals surface area contributed by atoms with Crippen molar-refractivity contribution >= 4 is 40.6 Å². The van der Waals surface area contributed by atoms with E-state index in [0.29, 0.717) is 28.6 Å². The highest BCUT2D eigenvalue weighted by atomic mass is 35.5. The number of hydrogen-bond donors (Lipinski definition) is 3. The van der Waals surface area contributed by atoms with Crippen molar-refractivity contribution in [3.8, 4) is 5.75 Å². The molecular weight excluding hydrogens is 538 g/mol. The van der Waals surface area contributed by atoms with Crippen LogP contribution in [0.15, 0.2) is 6.07 Å². The number of nitrogens with zero attached hydrogens (tertiary/aromatic N) is 2. The van der Waals surface area contributed by atoms with Crippen molar-refractivity contribution in [2.45, 2.75) is 63.3 Å². The summed E-state index contributed by atoms with van der Waals surface area (Å²) in [5, 5.41) is 23.0. The summed E-state index contributed by atoms with van der Waals surface area (Å²) < 4.78 is 0. The number of rotatable bonds is 6. The van der Waals surface area contributed by atoms with Gasteiger partial charge in [0.1, 0.15) is 5.75 Å². The number of fused-ring (bicyclic) bond motifs is 3. The lowest BCUT2D eigenvalue weighted by Crippen LogP contribution is -2.74. The minimum Gasteiger partial charge on any atom is -0.507 e. The summed E-state index contributed by atoms with van der Waals surface area (Å²) >= 11 is 6.87. The number of amides is 1. The summed E-state index contributed by atoms with van der Waals surface area (Å²) in [7, 11) is 5.09. The zero-order valence-electron chi connectivity index (χ0n) is 23.4. The first-order valence-corrected chi connectivity index (χ1v) is 14.0. The van der Waals surface area contributed by atoms with Gasteiger partial charge in [-0.05, 0) is 89.7 Å². The largest absolute Gasteiger partial charge is 0.507 e. The summed E-state index contributed by atoms with van der Waals surface area (Å²) in [5.74, 6) is -10.1. The molecule has 1 aromatic rings. The number of carbonyl (C=O) groups excluding carboxylic acids is 5. The van der Waals surface area contributed by atoms with Crippen molar-refractivity contribution in [1.82, 2.24) is 9.80 Å². The van der Waals surface area contributed by atoms with Gasteiger partial charge in [-0.3, -0.25) is 33.8 Å². The fourth-order valence-corrected chi connectivity index (χ4v) is 7.67. The third-order valence-electron chi connectivity index (χ3n) is 10.0. The topological polar surface area (TPSA) is 158 Å². The number of hydrogen-bond acceptors (Lipinski definition) is 9. The second-order valence-corrected chi connectivity index (χ2v) is 13.2. The monoisotopic (exact) mass is 573 g/mol. The zero-order chi connectivity index (χ0) is 29.6. The SMILES string of the molecule is CN(C)[C@@H]1C(=O)C(C(N)=O)C(=O)C2(O)C(=O)C3C(=O)c4c(O)cc(CN(C)C(C)(C)C5CC5)c(Cl)c4C[C@H]3C[C@@H]12. The number of aliphatic hydroxyl groups is 1. The van der Waals surface area contributed by atoms with E-state index >= 15 is 0 Å². The number of phenols is 1. The van der Waals surface area contributed by atoms with Gasteiger partial charge < -0.3 is 15.9 Å². The number of halogens is 1. The van der Waals surface area contributed by atoms with Crippen LogP contribution < -0.4 is 5.73 Å². The summed E-state index contributed by atoms with van der Waals surface area (Å²) in [6.07, 6.45) is 2.43. The molecular formula is C29H36ClN3O7. The highest BCUT2D eigenvalue weighted by molar-refractivity contribution is 6.34. The highest BCUT2D eigenvalue weighted by Gasteiger charge is 2.69. The second kappa shape index (κ2) is 9.44. The lowest BCUT2D eigenvalue weighted by atomic mass is 9.52. The lowest BCUT2D eigenvalue weighted by molar-refractivity contribution is -0.181. The maximum atomic E-state index is 13.9. The Morgan fingerprint density at radius 3 is 2.33 bits per heavy atom. The first-order chi connectivity index (χ1) is 18.5. The molecule has 6 atom stereocenters. The number of aromatic hydroxyl groups is 1. The predicted octanol–water partition coefficient (Wildman–Crippen LogP) is 1.14. The Morgan fingerprint density at radius 1 is 1.15 bits per heavy atom. The maximum Gasteiger partial charge on any atom is 0.235 e. The van der Waals surface area contributed by atoms with Crippen LogP contribution in [-0.4, -0.2) is 87.4 Å². The quantitative estimate of drug-likeness (QED) is 0.424. The average Bonchev–Trinajstić information content (AvgIpc) is 3.70. The van der Waals surface area contributed by atoms with Gasteiger partial charge in [0.2, 0.25) is 5.91 Å². The Labute approximate surface area is 237 Å². The Balaban J connectivity index is 1.56. The van der Waals surface area contributed by atoms with Crippen LogP contribution in [-0.2, 0) is 32.1 Å². The van der Waals surface area contributed by atoms with Gasteiger partial charge in [-0.15, -0.1) is 0 Å². The van der Waals surface area contributed by atoms with E-state index in [0.717, 1.165) is 12.8 Å². The highest BCUT2D eigenvalue weighted by Crippen LogP contribution is 2.52. The van der Waals surface area contributed by atoms with Gasteiger partial charge in [0.15, 0.2) is 34.7 Å². The van der Waals surface area contributed by atoms with E-state index in [4.69, 9.17) is 17.3 Å². The Kier molecular flexibility index (Phi) is 6.81. The molecule has 10 nitrogen and oxygen atoms in total. The van der Waals surface area contributed by atoms with Crippen LogP contribution in [0.1, 0.15) is 54.6 Å². The molecule has 11 heteroatoms. The van der Waals surface area contributed by atoms with E-state index in [1.54, 1.807) is 14.1 Å². The maximum absolute atomic E-state index is 13.9. The molecule has 40 heavy (non-hydrogen) atoms. The van der Waals surface area contributed by atoms with Crippen LogP contribution in [0, 0.1) is 29.6 Å². The second-order valence-electron chi connectivity index (χ2n) is 12.8. The van der Waals surface area contributed by atoms with Gasteiger partial charge in [0, 0.05) is 23.0 Å². The average molecular weight is 574 g/mol.